The van der Waals surface area contributed by atoms with Crippen molar-refractivity contribution in [3.05, 3.63) is 65.2 Å². The van der Waals surface area contributed by atoms with Crippen molar-refractivity contribution >= 4 is 11.6 Å². The number of benzene rings is 1. The number of carbonyl (C=O) groups is 1. The molecule has 6 nitrogen and oxygen atoms in total. The van der Waals surface area contributed by atoms with Crippen molar-refractivity contribution in [1.29, 1.82) is 0 Å². The lowest BCUT2D eigenvalue weighted by molar-refractivity contribution is 0.102. The number of nitrogens with zero attached hydrogens (tertiary/aromatic N) is 4. The highest BCUT2D eigenvalue weighted by atomic mass is 16.1. The topological polar surface area (TPSA) is 64.7 Å². The summed E-state index contributed by atoms with van der Waals surface area (Å²) in [7, 11) is 0. The summed E-state index contributed by atoms with van der Waals surface area (Å²) < 4.78 is 3.76. The lowest BCUT2D eigenvalue weighted by Crippen LogP contribution is -2.12. The van der Waals surface area contributed by atoms with Crippen molar-refractivity contribution in [1.82, 2.24) is 19.6 Å². The lowest BCUT2D eigenvalue weighted by atomic mass is 10.1. The summed E-state index contributed by atoms with van der Waals surface area (Å²) >= 11 is 0. The van der Waals surface area contributed by atoms with E-state index in [2.05, 4.69) is 29.4 Å². The molecule has 1 N–H and O–H groups in total. The molecule has 124 valence electrons. The third-order valence-electron chi connectivity index (χ3n) is 4.12. The van der Waals surface area contributed by atoms with E-state index in [0.29, 0.717) is 17.8 Å². The second kappa shape index (κ2) is 6.70. The van der Waals surface area contributed by atoms with Crippen LogP contribution in [0.1, 0.15) is 34.1 Å². The summed E-state index contributed by atoms with van der Waals surface area (Å²) in [6, 6.07) is 7.52. The van der Waals surface area contributed by atoms with Crippen LogP contribution in [-0.2, 0) is 13.1 Å². The second-order valence-electron chi connectivity index (χ2n) is 5.77. The third kappa shape index (κ3) is 3.22. The quantitative estimate of drug-likeness (QED) is 0.785. The van der Waals surface area contributed by atoms with Gasteiger partial charge in [0.2, 0.25) is 0 Å². The number of aryl methyl sites for hydroxylation is 2. The predicted molar refractivity (Wildman–Crippen MR) is 93.1 cm³/mol. The maximum Gasteiger partial charge on any atom is 0.256 e. The van der Waals surface area contributed by atoms with Crippen LogP contribution in [0.5, 0.6) is 0 Å². The average Bonchev–Trinajstić information content (AvgIpc) is 3.15. The van der Waals surface area contributed by atoms with E-state index in [1.165, 1.54) is 0 Å². The number of aromatic nitrogens is 4. The van der Waals surface area contributed by atoms with Crippen LogP contribution in [0.15, 0.2) is 42.9 Å². The van der Waals surface area contributed by atoms with Gasteiger partial charge in [0.25, 0.3) is 5.91 Å². The SMILES string of the molecule is CCn1ncc(Cn2cc(NC(=O)c3ccccc3C)cn2)c1C. The van der Waals surface area contributed by atoms with E-state index in [9.17, 15) is 4.79 Å². The molecule has 0 aliphatic heterocycles. The third-order valence-corrected chi connectivity index (χ3v) is 4.12. The largest absolute Gasteiger partial charge is 0.319 e. The molecule has 2 heterocycles. The van der Waals surface area contributed by atoms with E-state index >= 15 is 0 Å². The summed E-state index contributed by atoms with van der Waals surface area (Å²) in [4.78, 5) is 12.3. The van der Waals surface area contributed by atoms with Crippen LogP contribution in [0.2, 0.25) is 0 Å². The maximum absolute atomic E-state index is 12.3. The minimum absolute atomic E-state index is 0.123. The first-order valence-corrected chi connectivity index (χ1v) is 7.99. The van der Waals surface area contributed by atoms with Crippen molar-refractivity contribution in [2.24, 2.45) is 0 Å². The van der Waals surface area contributed by atoms with Gasteiger partial charge in [-0.15, -0.1) is 0 Å². The number of amides is 1. The van der Waals surface area contributed by atoms with Gasteiger partial charge < -0.3 is 5.32 Å². The molecular formula is C18H21N5O. The van der Waals surface area contributed by atoms with Crippen LogP contribution in [0, 0.1) is 13.8 Å². The van der Waals surface area contributed by atoms with Crippen molar-refractivity contribution in [3.63, 3.8) is 0 Å². The lowest BCUT2D eigenvalue weighted by Gasteiger charge is -2.05. The van der Waals surface area contributed by atoms with Crippen LogP contribution >= 0.6 is 0 Å². The minimum Gasteiger partial charge on any atom is -0.319 e. The molecule has 6 heteroatoms. The van der Waals surface area contributed by atoms with Gasteiger partial charge >= 0.3 is 0 Å². The highest BCUT2D eigenvalue weighted by molar-refractivity contribution is 6.05. The molecule has 3 rings (SSSR count). The van der Waals surface area contributed by atoms with Crippen LogP contribution in [0.4, 0.5) is 5.69 Å². The molecule has 1 aromatic carbocycles. The van der Waals surface area contributed by atoms with E-state index in [1.54, 1.807) is 10.9 Å². The van der Waals surface area contributed by atoms with Crippen LogP contribution in [0.25, 0.3) is 0 Å². The highest BCUT2D eigenvalue weighted by Gasteiger charge is 2.11. The number of anilines is 1. The van der Waals surface area contributed by atoms with Gasteiger partial charge in [-0.05, 0) is 32.4 Å². The van der Waals surface area contributed by atoms with Gasteiger partial charge in [0.1, 0.15) is 0 Å². The Morgan fingerprint density at radius 2 is 1.96 bits per heavy atom. The molecule has 0 aliphatic carbocycles. The Hall–Kier alpha value is -2.89. The Bertz CT molecular complexity index is 862. The van der Waals surface area contributed by atoms with E-state index in [4.69, 9.17) is 0 Å². The summed E-state index contributed by atoms with van der Waals surface area (Å²) in [6.45, 7) is 7.52. The molecule has 0 saturated carbocycles. The standard InChI is InChI=1S/C18H21N5O/c1-4-23-14(3)15(9-20-23)11-22-12-16(10-19-22)21-18(24)17-8-6-5-7-13(17)2/h5-10,12H,4,11H2,1-3H3,(H,21,24). The van der Waals surface area contributed by atoms with Crippen molar-refractivity contribution in [2.75, 3.05) is 5.32 Å². The van der Waals surface area contributed by atoms with Crippen molar-refractivity contribution in [3.8, 4) is 0 Å². The number of carbonyl (C=O) groups excluding carboxylic acids is 1. The molecule has 24 heavy (non-hydrogen) atoms. The molecule has 0 saturated heterocycles. The van der Waals surface area contributed by atoms with Gasteiger partial charge in [0.05, 0.1) is 24.6 Å². The smallest absolute Gasteiger partial charge is 0.256 e. The molecule has 2 aromatic heterocycles. The van der Waals surface area contributed by atoms with Gasteiger partial charge in [-0.1, -0.05) is 18.2 Å². The van der Waals surface area contributed by atoms with Crippen LogP contribution in [-0.4, -0.2) is 25.5 Å². The highest BCUT2D eigenvalue weighted by Crippen LogP contribution is 2.14. The zero-order chi connectivity index (χ0) is 17.1. The van der Waals surface area contributed by atoms with Gasteiger partial charge in [0.15, 0.2) is 0 Å². The van der Waals surface area contributed by atoms with Crippen LogP contribution in [0.3, 0.4) is 0 Å². The Balaban J connectivity index is 1.70. The van der Waals surface area contributed by atoms with Gasteiger partial charge in [-0.25, -0.2) is 0 Å². The number of hydrogen-bond acceptors (Lipinski definition) is 3. The fourth-order valence-corrected chi connectivity index (χ4v) is 2.67. The molecule has 0 spiro atoms. The molecule has 0 fully saturated rings. The zero-order valence-corrected chi connectivity index (χ0v) is 14.2. The van der Waals surface area contributed by atoms with E-state index in [0.717, 1.165) is 23.4 Å². The van der Waals surface area contributed by atoms with Gasteiger partial charge in [-0.3, -0.25) is 14.2 Å². The first-order valence-electron chi connectivity index (χ1n) is 7.99. The summed E-state index contributed by atoms with van der Waals surface area (Å²) in [5.74, 6) is -0.123. The van der Waals surface area contributed by atoms with Gasteiger partial charge in [-0.2, -0.15) is 10.2 Å². The van der Waals surface area contributed by atoms with E-state index in [-0.39, 0.29) is 5.91 Å². The zero-order valence-electron chi connectivity index (χ0n) is 14.2. The average molecular weight is 323 g/mol. The molecule has 0 atom stereocenters. The second-order valence-corrected chi connectivity index (χ2v) is 5.77. The molecule has 3 aromatic rings. The first-order chi connectivity index (χ1) is 11.6. The molecule has 0 radical (unpaired) electrons. The minimum atomic E-state index is -0.123. The van der Waals surface area contributed by atoms with E-state index < -0.39 is 0 Å². The van der Waals surface area contributed by atoms with Crippen molar-refractivity contribution in [2.45, 2.75) is 33.9 Å². The molecule has 0 unspecified atom stereocenters. The number of nitrogens with one attached hydrogen (secondary N) is 1. The Morgan fingerprint density at radius 3 is 2.67 bits per heavy atom. The number of rotatable bonds is 5. The maximum atomic E-state index is 12.3. The Labute approximate surface area is 141 Å². The monoisotopic (exact) mass is 323 g/mol. The molecule has 0 aliphatic rings. The normalized spacial score (nSPS) is 10.8. The van der Waals surface area contributed by atoms with Crippen molar-refractivity contribution < 1.29 is 4.79 Å². The summed E-state index contributed by atoms with van der Waals surface area (Å²) in [5.41, 5.74) is 4.56. The number of hydrogen-bond donors (Lipinski definition) is 1. The predicted octanol–water partition coefficient (Wildman–Crippen LogP) is 3.02. The van der Waals surface area contributed by atoms with Crippen LogP contribution < -0.4 is 5.32 Å². The summed E-state index contributed by atoms with van der Waals surface area (Å²) in [5, 5.41) is 11.6. The first kappa shape index (κ1) is 16.0. The summed E-state index contributed by atoms with van der Waals surface area (Å²) in [6.07, 6.45) is 5.36. The van der Waals surface area contributed by atoms with E-state index in [1.807, 2.05) is 48.3 Å². The Morgan fingerprint density at radius 1 is 1.17 bits per heavy atom. The Kier molecular flexibility index (Phi) is 4.46. The molecule has 1 amide bonds. The fraction of sp³-hybridized carbons (Fsp3) is 0.278. The molecule has 0 bridgehead atoms. The fourth-order valence-electron chi connectivity index (χ4n) is 2.67. The molecular weight excluding hydrogens is 302 g/mol. The van der Waals surface area contributed by atoms with Gasteiger partial charge in [0, 0.05) is 29.6 Å².